The van der Waals surface area contributed by atoms with Crippen LogP contribution in [0.5, 0.6) is 0 Å². The molecule has 0 atom stereocenters. The van der Waals surface area contributed by atoms with E-state index in [2.05, 4.69) is 42.3 Å². The van der Waals surface area contributed by atoms with Crippen LogP contribution in [0.4, 0.5) is 0 Å². The molecule has 1 N–H and O–H groups in total. The van der Waals surface area contributed by atoms with Crippen LogP contribution >= 0.6 is 12.2 Å². The molecule has 2 aromatic rings. The SMILES string of the molecule is CCCc1nn(C)c2c1[nH]c(=S)n2C(CC)(CC)CC. The molecular weight excluding hydrogens is 268 g/mol. The van der Waals surface area contributed by atoms with E-state index in [9.17, 15) is 0 Å². The summed E-state index contributed by atoms with van der Waals surface area (Å²) >= 11 is 5.62. The Balaban J connectivity index is 2.77. The second-order valence-corrected chi connectivity index (χ2v) is 5.96. The molecule has 112 valence electrons. The van der Waals surface area contributed by atoms with E-state index in [0.717, 1.165) is 53.7 Å². The minimum atomic E-state index is 0.0899. The molecule has 4 nitrogen and oxygen atoms in total. The first-order chi connectivity index (χ1) is 9.54. The van der Waals surface area contributed by atoms with Gasteiger partial charge in [0.2, 0.25) is 0 Å². The average molecular weight is 294 g/mol. The first kappa shape index (κ1) is 15.3. The molecule has 0 amide bonds. The van der Waals surface area contributed by atoms with E-state index in [1.54, 1.807) is 0 Å². The minimum Gasteiger partial charge on any atom is -0.328 e. The lowest BCUT2D eigenvalue weighted by atomic mass is 9.89. The highest BCUT2D eigenvalue weighted by molar-refractivity contribution is 7.71. The highest BCUT2D eigenvalue weighted by Gasteiger charge is 2.30. The predicted molar refractivity (Wildman–Crippen MR) is 86.7 cm³/mol. The third-order valence-electron chi connectivity index (χ3n) is 4.67. The van der Waals surface area contributed by atoms with Crippen LogP contribution < -0.4 is 0 Å². The number of hydrogen-bond acceptors (Lipinski definition) is 2. The van der Waals surface area contributed by atoms with E-state index in [1.165, 1.54) is 0 Å². The van der Waals surface area contributed by atoms with Crippen LogP contribution in [0.1, 0.15) is 59.1 Å². The van der Waals surface area contributed by atoms with E-state index in [0.29, 0.717) is 0 Å². The van der Waals surface area contributed by atoms with Gasteiger partial charge in [0, 0.05) is 12.6 Å². The maximum Gasteiger partial charge on any atom is 0.179 e. The molecule has 2 heterocycles. The molecule has 0 spiro atoms. The molecule has 0 aliphatic carbocycles. The zero-order valence-corrected chi connectivity index (χ0v) is 14.1. The average Bonchev–Trinajstić information content (AvgIpc) is 2.93. The van der Waals surface area contributed by atoms with Gasteiger partial charge in [0.1, 0.15) is 5.52 Å². The molecule has 20 heavy (non-hydrogen) atoms. The van der Waals surface area contributed by atoms with E-state index in [-0.39, 0.29) is 5.54 Å². The zero-order valence-electron chi connectivity index (χ0n) is 13.3. The van der Waals surface area contributed by atoms with Crippen LogP contribution in [0.25, 0.3) is 11.2 Å². The van der Waals surface area contributed by atoms with Crippen molar-refractivity contribution in [2.75, 3.05) is 0 Å². The number of aromatic amines is 1. The van der Waals surface area contributed by atoms with Crippen molar-refractivity contribution in [1.29, 1.82) is 0 Å². The van der Waals surface area contributed by atoms with Crippen molar-refractivity contribution < 1.29 is 0 Å². The Kier molecular flexibility index (Phi) is 4.37. The summed E-state index contributed by atoms with van der Waals surface area (Å²) in [7, 11) is 2.02. The lowest BCUT2D eigenvalue weighted by Gasteiger charge is -2.32. The second kappa shape index (κ2) is 5.72. The standard InChI is InChI=1S/C15H26N4S/c1-6-10-11-12-13(18(5)17-11)19(14(20)16-12)15(7-2,8-3)9-4/h6-10H2,1-5H3,(H,16,20). The number of nitrogens with one attached hydrogen (secondary N) is 1. The number of nitrogens with zero attached hydrogens (tertiary/aromatic N) is 3. The fourth-order valence-corrected chi connectivity index (χ4v) is 3.67. The summed E-state index contributed by atoms with van der Waals surface area (Å²) in [4.78, 5) is 3.40. The summed E-state index contributed by atoms with van der Waals surface area (Å²) in [6.07, 6.45) is 5.32. The topological polar surface area (TPSA) is 38.5 Å². The maximum atomic E-state index is 5.62. The van der Waals surface area contributed by atoms with E-state index in [4.69, 9.17) is 12.2 Å². The molecule has 0 saturated carbocycles. The summed E-state index contributed by atoms with van der Waals surface area (Å²) < 4.78 is 5.13. The zero-order chi connectivity index (χ0) is 14.9. The number of aryl methyl sites for hydroxylation is 2. The van der Waals surface area contributed by atoms with E-state index < -0.39 is 0 Å². The molecule has 0 radical (unpaired) electrons. The number of fused-ring (bicyclic) bond motifs is 1. The van der Waals surface area contributed by atoms with Crippen LogP contribution in [0.2, 0.25) is 0 Å². The Bertz CT molecular complexity index is 634. The molecular formula is C15H26N4S. The van der Waals surface area contributed by atoms with Crippen molar-refractivity contribution in [1.82, 2.24) is 19.3 Å². The highest BCUT2D eigenvalue weighted by atomic mass is 32.1. The van der Waals surface area contributed by atoms with Gasteiger partial charge in [-0.05, 0) is 37.9 Å². The molecule has 0 bridgehead atoms. The van der Waals surface area contributed by atoms with Gasteiger partial charge < -0.3 is 4.98 Å². The Morgan fingerprint density at radius 3 is 2.25 bits per heavy atom. The number of aromatic nitrogens is 4. The van der Waals surface area contributed by atoms with Gasteiger partial charge in [-0.15, -0.1) is 0 Å². The predicted octanol–water partition coefficient (Wildman–Crippen LogP) is 4.31. The van der Waals surface area contributed by atoms with Crippen LogP contribution in [0, 0.1) is 4.77 Å². The normalized spacial score (nSPS) is 12.4. The van der Waals surface area contributed by atoms with Crippen molar-refractivity contribution in [3.8, 4) is 0 Å². The summed E-state index contributed by atoms with van der Waals surface area (Å²) in [6.45, 7) is 8.92. The van der Waals surface area contributed by atoms with Crippen molar-refractivity contribution in [2.45, 2.75) is 65.3 Å². The van der Waals surface area contributed by atoms with Gasteiger partial charge in [0.05, 0.1) is 5.69 Å². The van der Waals surface area contributed by atoms with E-state index in [1.807, 2.05) is 11.7 Å². The van der Waals surface area contributed by atoms with E-state index >= 15 is 0 Å². The van der Waals surface area contributed by atoms with Gasteiger partial charge in [-0.25, -0.2) is 0 Å². The van der Waals surface area contributed by atoms with Crippen molar-refractivity contribution in [3.63, 3.8) is 0 Å². The Hall–Kier alpha value is -1.10. The molecule has 0 aliphatic rings. The van der Waals surface area contributed by atoms with Gasteiger partial charge in [-0.2, -0.15) is 5.10 Å². The molecule has 0 saturated heterocycles. The quantitative estimate of drug-likeness (QED) is 0.806. The molecule has 0 unspecified atom stereocenters. The number of imidazole rings is 1. The van der Waals surface area contributed by atoms with Crippen LogP contribution in [-0.4, -0.2) is 19.3 Å². The molecule has 2 aromatic heterocycles. The minimum absolute atomic E-state index is 0.0899. The highest BCUT2D eigenvalue weighted by Crippen LogP contribution is 2.33. The summed E-state index contributed by atoms with van der Waals surface area (Å²) in [5.74, 6) is 0. The van der Waals surface area contributed by atoms with Gasteiger partial charge in [-0.3, -0.25) is 9.25 Å². The van der Waals surface area contributed by atoms with Crippen molar-refractivity contribution in [2.24, 2.45) is 7.05 Å². The molecule has 2 rings (SSSR count). The molecule has 5 heteroatoms. The Morgan fingerprint density at radius 1 is 1.15 bits per heavy atom. The largest absolute Gasteiger partial charge is 0.328 e. The fourth-order valence-electron chi connectivity index (χ4n) is 3.29. The third kappa shape index (κ3) is 2.12. The Labute approximate surface area is 126 Å². The lowest BCUT2D eigenvalue weighted by Crippen LogP contribution is -2.32. The third-order valence-corrected chi connectivity index (χ3v) is 4.96. The van der Waals surface area contributed by atoms with Crippen molar-refractivity contribution >= 4 is 23.4 Å². The van der Waals surface area contributed by atoms with Gasteiger partial charge >= 0.3 is 0 Å². The number of hydrogen-bond donors (Lipinski definition) is 1. The van der Waals surface area contributed by atoms with Crippen LogP contribution in [0.3, 0.4) is 0 Å². The first-order valence-corrected chi connectivity index (χ1v) is 8.12. The molecule has 0 fully saturated rings. The van der Waals surface area contributed by atoms with Gasteiger partial charge in [0.25, 0.3) is 0 Å². The second-order valence-electron chi connectivity index (χ2n) is 5.57. The lowest BCUT2D eigenvalue weighted by molar-refractivity contribution is 0.252. The first-order valence-electron chi connectivity index (χ1n) is 7.71. The monoisotopic (exact) mass is 294 g/mol. The fraction of sp³-hybridized carbons (Fsp3) is 0.733. The van der Waals surface area contributed by atoms with Crippen molar-refractivity contribution in [3.05, 3.63) is 10.5 Å². The Morgan fingerprint density at radius 2 is 1.75 bits per heavy atom. The van der Waals surface area contributed by atoms with Crippen LogP contribution in [0.15, 0.2) is 0 Å². The summed E-state index contributed by atoms with van der Waals surface area (Å²) in [5, 5.41) is 4.68. The van der Waals surface area contributed by atoms with Gasteiger partial charge in [-0.1, -0.05) is 34.1 Å². The number of H-pyrrole nitrogens is 1. The maximum absolute atomic E-state index is 5.62. The summed E-state index contributed by atoms with van der Waals surface area (Å²) in [6, 6.07) is 0. The van der Waals surface area contributed by atoms with Crippen LogP contribution in [-0.2, 0) is 19.0 Å². The molecule has 0 aromatic carbocycles. The molecule has 0 aliphatic heterocycles. The number of rotatable bonds is 6. The van der Waals surface area contributed by atoms with Gasteiger partial charge in [0.15, 0.2) is 10.4 Å². The smallest absolute Gasteiger partial charge is 0.179 e. The summed E-state index contributed by atoms with van der Waals surface area (Å²) in [5.41, 5.74) is 3.49.